The van der Waals surface area contributed by atoms with E-state index < -0.39 is 10.8 Å². The first kappa shape index (κ1) is 40.3. The van der Waals surface area contributed by atoms with E-state index in [1.165, 1.54) is 0 Å². The van der Waals surface area contributed by atoms with Crippen LogP contribution in [0.15, 0.2) is 85.0 Å². The van der Waals surface area contributed by atoms with Gasteiger partial charge in [-0.25, -0.2) is 0 Å². The summed E-state index contributed by atoms with van der Waals surface area (Å²) in [6.45, 7) is 4.55. The van der Waals surface area contributed by atoms with Crippen LogP contribution in [0, 0.1) is 0 Å². The molecule has 0 aromatic heterocycles. The number of nitrogens with zero attached hydrogens (tertiary/aromatic N) is 2. The second kappa shape index (κ2) is 18.9. The minimum atomic E-state index is -0.602. The topological polar surface area (TPSA) is 90.6 Å². The average Bonchev–Trinajstić information content (AvgIpc) is 2.98. The second-order valence-electron chi connectivity index (χ2n) is 10.9. The highest BCUT2D eigenvalue weighted by atomic mass is 35.5. The van der Waals surface area contributed by atoms with Crippen molar-refractivity contribution in [2.45, 2.75) is 62.4 Å². The van der Waals surface area contributed by atoms with Crippen molar-refractivity contribution in [3.63, 3.8) is 0 Å². The van der Waals surface area contributed by atoms with Crippen molar-refractivity contribution in [3.8, 4) is 0 Å². The van der Waals surface area contributed by atoms with Crippen molar-refractivity contribution in [3.05, 3.63) is 96.1 Å². The molecule has 2 aliphatic rings. The molecule has 0 unspecified atom stereocenters. The monoisotopic (exact) mass is 636 g/mol. The van der Waals surface area contributed by atoms with Crippen molar-refractivity contribution < 1.29 is 24.5 Å². The molecule has 0 fully saturated rings. The van der Waals surface area contributed by atoms with Gasteiger partial charge in [0.15, 0.2) is 0 Å². The van der Waals surface area contributed by atoms with Crippen LogP contribution in [0.1, 0.15) is 50.7 Å². The summed E-state index contributed by atoms with van der Waals surface area (Å²) < 4.78 is 10.8. The van der Waals surface area contributed by atoms with E-state index >= 15 is 0 Å². The van der Waals surface area contributed by atoms with Crippen LogP contribution in [-0.2, 0) is 29.9 Å². The molecule has 2 aromatic carbocycles. The molecule has 0 radical (unpaired) electrons. The molecule has 2 N–H and O–H groups in total. The highest BCUT2D eigenvalue weighted by Crippen LogP contribution is 2.41. The molecule has 0 heterocycles. The van der Waals surface area contributed by atoms with Crippen LogP contribution in [0.25, 0.3) is 0 Å². The third-order valence-corrected chi connectivity index (χ3v) is 8.03. The number of rotatable bonds is 8. The molecule has 7 nitrogen and oxygen atoms in total. The Hall–Kier alpha value is -2.68. The zero-order valence-corrected chi connectivity index (χ0v) is 28.0. The number of esters is 2. The summed E-state index contributed by atoms with van der Waals surface area (Å²) in [5, 5.41) is 0. The van der Waals surface area contributed by atoms with E-state index in [4.69, 9.17) is 9.47 Å². The summed E-state index contributed by atoms with van der Waals surface area (Å²) in [5.41, 5.74) is 0.883. The van der Waals surface area contributed by atoms with Crippen LogP contribution in [0.3, 0.4) is 0 Å². The molecule has 0 aliphatic heterocycles. The Kier molecular flexibility index (Phi) is 17.7. The van der Waals surface area contributed by atoms with Crippen molar-refractivity contribution in [2.24, 2.45) is 0 Å². The molecule has 0 saturated carbocycles. The van der Waals surface area contributed by atoms with E-state index in [0.717, 1.165) is 36.8 Å². The van der Waals surface area contributed by atoms with Gasteiger partial charge in [-0.15, -0.1) is 24.8 Å². The lowest BCUT2D eigenvalue weighted by molar-refractivity contribution is -0.153. The lowest BCUT2D eigenvalue weighted by atomic mass is 9.68. The SMILES string of the molecule is CCOC(=O)[C@@]1(c2ccccc2)CCC=C[C@@H]1N(C)C.CCOC(=O)[C@@]1(c2ccccc2)CCC=C[C@@H]1N(C)C.Cl.Cl.O. The van der Waals surface area contributed by atoms with Crippen LogP contribution >= 0.6 is 24.8 Å². The Balaban J connectivity index is 0.000000767. The fourth-order valence-corrected chi connectivity index (χ4v) is 6.22. The molecular weight excluding hydrogens is 587 g/mol. The van der Waals surface area contributed by atoms with E-state index in [1.807, 2.05) is 103 Å². The Morgan fingerprint density at radius 2 is 1.00 bits per heavy atom. The van der Waals surface area contributed by atoms with Gasteiger partial charge < -0.3 is 24.7 Å². The number of likely N-dealkylation sites (N-methyl/N-ethyl adjacent to an activating group) is 2. The average molecular weight is 638 g/mol. The van der Waals surface area contributed by atoms with Gasteiger partial charge in [0, 0.05) is 12.1 Å². The van der Waals surface area contributed by atoms with E-state index in [2.05, 4.69) is 34.1 Å². The summed E-state index contributed by atoms with van der Waals surface area (Å²) in [4.78, 5) is 29.7. The zero-order chi connectivity index (χ0) is 29.2. The van der Waals surface area contributed by atoms with Gasteiger partial charge in [0.1, 0.15) is 10.8 Å². The van der Waals surface area contributed by atoms with Gasteiger partial charge in [-0.2, -0.15) is 0 Å². The molecule has 0 bridgehead atoms. The van der Waals surface area contributed by atoms with E-state index in [-0.39, 0.29) is 54.3 Å². The maximum Gasteiger partial charge on any atom is 0.318 e. The van der Waals surface area contributed by atoms with Gasteiger partial charge in [-0.1, -0.05) is 85.0 Å². The number of ether oxygens (including phenoxy) is 2. The Morgan fingerprint density at radius 3 is 1.28 bits per heavy atom. The fourth-order valence-electron chi connectivity index (χ4n) is 6.22. The molecule has 0 spiro atoms. The van der Waals surface area contributed by atoms with E-state index in [1.54, 1.807) is 0 Å². The van der Waals surface area contributed by atoms with Gasteiger partial charge in [-0.05, 0) is 78.8 Å². The first-order chi connectivity index (χ1) is 19.3. The number of carbonyl (C=O) groups excluding carboxylic acids is 2. The van der Waals surface area contributed by atoms with E-state index in [0.29, 0.717) is 13.2 Å². The largest absolute Gasteiger partial charge is 0.465 e. The van der Waals surface area contributed by atoms with Crippen LogP contribution in [0.2, 0.25) is 0 Å². The number of benzene rings is 2. The number of halogens is 2. The number of allylic oxidation sites excluding steroid dienone is 2. The van der Waals surface area contributed by atoms with Crippen molar-refractivity contribution >= 4 is 36.8 Å². The highest BCUT2D eigenvalue weighted by Gasteiger charge is 2.50. The van der Waals surface area contributed by atoms with Crippen molar-refractivity contribution in [2.75, 3.05) is 41.4 Å². The van der Waals surface area contributed by atoms with Crippen LogP contribution in [0.4, 0.5) is 0 Å². The Morgan fingerprint density at radius 1 is 0.674 bits per heavy atom. The number of carbonyl (C=O) groups is 2. The lowest BCUT2D eigenvalue weighted by Crippen LogP contribution is -2.54. The third-order valence-electron chi connectivity index (χ3n) is 8.03. The first-order valence-electron chi connectivity index (χ1n) is 14.4. The van der Waals surface area contributed by atoms with Gasteiger partial charge in [0.05, 0.1) is 13.2 Å². The highest BCUT2D eigenvalue weighted by molar-refractivity contribution is 5.86. The number of hydrogen-bond acceptors (Lipinski definition) is 6. The second-order valence-corrected chi connectivity index (χ2v) is 10.9. The molecule has 0 amide bonds. The lowest BCUT2D eigenvalue weighted by Gasteiger charge is -2.42. The minimum Gasteiger partial charge on any atom is -0.465 e. The standard InChI is InChI=1S/2C17H23NO2.2ClH.H2O/c2*1-4-20-16(19)17(14-10-6-5-7-11-14)13-9-8-12-15(17)18(2)3;;;/h2*5-8,10-12,15H,4,9,13H2,1-3H3;2*1H;1H2/t2*15-,17+;;;/m00.../s1. The normalized spacial score (nSPS) is 23.9. The van der Waals surface area contributed by atoms with Crippen molar-refractivity contribution in [1.29, 1.82) is 0 Å². The maximum absolute atomic E-state index is 12.8. The number of hydrogen-bond donors (Lipinski definition) is 0. The molecular formula is C34H50Cl2N2O5. The third kappa shape index (κ3) is 8.70. The van der Waals surface area contributed by atoms with Gasteiger partial charge in [0.2, 0.25) is 0 Å². The maximum atomic E-state index is 12.8. The first-order valence-corrected chi connectivity index (χ1v) is 14.4. The van der Waals surface area contributed by atoms with Crippen LogP contribution < -0.4 is 0 Å². The van der Waals surface area contributed by atoms with Gasteiger partial charge in [0.25, 0.3) is 0 Å². The van der Waals surface area contributed by atoms with Crippen molar-refractivity contribution in [1.82, 2.24) is 9.80 Å². The Bertz CT molecular complexity index is 1070. The zero-order valence-electron chi connectivity index (χ0n) is 26.3. The van der Waals surface area contributed by atoms with Crippen LogP contribution in [0.5, 0.6) is 0 Å². The summed E-state index contributed by atoms with van der Waals surface area (Å²) in [6, 6.07) is 20.1. The molecule has 240 valence electrons. The predicted molar refractivity (Wildman–Crippen MR) is 179 cm³/mol. The minimum absolute atomic E-state index is 0. The summed E-state index contributed by atoms with van der Waals surface area (Å²) in [6.07, 6.45) is 12.0. The fraction of sp³-hybridized carbons (Fsp3) is 0.471. The smallest absolute Gasteiger partial charge is 0.318 e. The molecule has 0 saturated heterocycles. The van der Waals surface area contributed by atoms with Gasteiger partial charge >= 0.3 is 11.9 Å². The van der Waals surface area contributed by atoms with Crippen LogP contribution in [-0.4, -0.2) is 80.7 Å². The van der Waals surface area contributed by atoms with E-state index in [9.17, 15) is 9.59 Å². The summed E-state index contributed by atoms with van der Waals surface area (Å²) in [7, 11) is 8.04. The summed E-state index contributed by atoms with van der Waals surface area (Å²) >= 11 is 0. The summed E-state index contributed by atoms with van der Waals surface area (Å²) in [5.74, 6) is -0.233. The van der Waals surface area contributed by atoms with Gasteiger partial charge in [-0.3, -0.25) is 9.59 Å². The molecule has 43 heavy (non-hydrogen) atoms. The predicted octanol–water partition coefficient (Wildman–Crippen LogP) is 5.55. The molecule has 4 rings (SSSR count). The molecule has 4 atom stereocenters. The molecule has 2 aromatic rings. The molecule has 9 heteroatoms. The quantitative estimate of drug-likeness (QED) is 0.279. The molecule has 2 aliphatic carbocycles. The Labute approximate surface area is 270 Å².